The average Bonchev–Trinajstić information content (AvgIpc) is 1.02. The van der Waals surface area contributed by atoms with Crippen molar-refractivity contribution in [3.05, 3.63) is 0 Å². The monoisotopic (exact) mass is 1440 g/mol. The summed E-state index contributed by atoms with van der Waals surface area (Å²) in [6, 6.07) is 0. The van der Waals surface area contributed by atoms with Gasteiger partial charge in [0.05, 0.1) is 26.4 Å². The topological polar surface area (TPSA) is 237 Å². The molecule has 0 aliphatic carbocycles. The Balaban J connectivity index is 5.22. The number of aliphatic hydroxyl groups excluding tert-OH is 1. The van der Waals surface area contributed by atoms with Crippen molar-refractivity contribution in [1.29, 1.82) is 0 Å². The van der Waals surface area contributed by atoms with Crippen LogP contribution in [0.4, 0.5) is 0 Å². The van der Waals surface area contributed by atoms with E-state index in [2.05, 4.69) is 41.5 Å². The summed E-state index contributed by atoms with van der Waals surface area (Å²) in [6.45, 7) is 9.53. The molecule has 17 nitrogen and oxygen atoms in total. The standard InChI is InChI=1S/C79H154O17P2/c1-7-10-12-14-16-18-20-22-24-26-28-30-32-34-36-38-43-51-57-63-78(83)95-74(67-89-76(81)61-55-49-42-37-35-33-31-29-27-25-23-21-19-17-15-13-11-8-2)69-93-97(85,86)91-65-73(80)66-92-98(87,88)94-70-75(68-90-77(82)62-56-50-46-45-48-54-60-72(6)9-3)96-79(84)64-58-52-44-40-39-41-47-53-59-71(4)5/h71-75,80H,7-70H2,1-6H3,(H,85,86)(H,87,88)/t72?,73-,74-,75-/m1/s1. The van der Waals surface area contributed by atoms with E-state index in [1.54, 1.807) is 0 Å². The first-order chi connectivity index (χ1) is 47.4. The molecule has 0 amide bonds. The van der Waals surface area contributed by atoms with Gasteiger partial charge in [-0.3, -0.25) is 37.3 Å². The Labute approximate surface area is 600 Å². The van der Waals surface area contributed by atoms with E-state index >= 15 is 0 Å². The summed E-state index contributed by atoms with van der Waals surface area (Å²) in [5.41, 5.74) is 0. The lowest BCUT2D eigenvalue weighted by molar-refractivity contribution is -0.161. The van der Waals surface area contributed by atoms with Crippen molar-refractivity contribution in [3.63, 3.8) is 0 Å². The van der Waals surface area contributed by atoms with Crippen LogP contribution in [-0.4, -0.2) is 96.7 Å². The third kappa shape index (κ3) is 71.1. The lowest BCUT2D eigenvalue weighted by atomic mass is 10.00. The minimum absolute atomic E-state index is 0.104. The third-order valence-electron chi connectivity index (χ3n) is 18.8. The van der Waals surface area contributed by atoms with Gasteiger partial charge in [-0.2, -0.15) is 0 Å². The largest absolute Gasteiger partial charge is 0.472 e. The fourth-order valence-corrected chi connectivity index (χ4v) is 13.7. The molecule has 0 heterocycles. The smallest absolute Gasteiger partial charge is 0.462 e. The number of ether oxygens (including phenoxy) is 4. The van der Waals surface area contributed by atoms with Gasteiger partial charge in [0.1, 0.15) is 19.3 Å². The van der Waals surface area contributed by atoms with Crippen LogP contribution in [0.5, 0.6) is 0 Å². The molecule has 3 unspecified atom stereocenters. The van der Waals surface area contributed by atoms with E-state index in [1.807, 2.05) is 0 Å². The van der Waals surface area contributed by atoms with Gasteiger partial charge in [-0.25, -0.2) is 9.13 Å². The maximum atomic E-state index is 13.1. The molecule has 582 valence electrons. The lowest BCUT2D eigenvalue weighted by Crippen LogP contribution is -2.30. The molecule has 0 bridgehead atoms. The highest BCUT2D eigenvalue weighted by atomic mass is 31.2. The molecule has 0 aliphatic heterocycles. The molecule has 0 aliphatic rings. The van der Waals surface area contributed by atoms with Crippen molar-refractivity contribution in [1.82, 2.24) is 0 Å². The number of unbranched alkanes of at least 4 members (excludes halogenated alkanes) is 47. The molecule has 19 heteroatoms. The van der Waals surface area contributed by atoms with Crippen molar-refractivity contribution in [2.45, 2.75) is 432 Å². The van der Waals surface area contributed by atoms with Gasteiger partial charge in [0.15, 0.2) is 12.2 Å². The van der Waals surface area contributed by atoms with Gasteiger partial charge in [-0.1, -0.05) is 363 Å². The second-order valence-corrected chi connectivity index (χ2v) is 32.1. The number of rotatable bonds is 78. The van der Waals surface area contributed by atoms with Crippen molar-refractivity contribution in [2.24, 2.45) is 11.8 Å². The van der Waals surface area contributed by atoms with E-state index in [4.69, 9.17) is 37.0 Å². The molecule has 0 spiro atoms. The Kier molecular flexibility index (Phi) is 69.3. The van der Waals surface area contributed by atoms with Gasteiger partial charge in [0.25, 0.3) is 0 Å². The summed E-state index contributed by atoms with van der Waals surface area (Å²) in [5, 5.41) is 10.6. The Morgan fingerprint density at radius 3 is 0.776 bits per heavy atom. The van der Waals surface area contributed by atoms with Crippen LogP contribution < -0.4 is 0 Å². The van der Waals surface area contributed by atoms with E-state index in [-0.39, 0.29) is 25.7 Å². The average molecular weight is 1440 g/mol. The summed E-state index contributed by atoms with van der Waals surface area (Å²) in [7, 11) is -9.92. The maximum Gasteiger partial charge on any atom is 0.472 e. The van der Waals surface area contributed by atoms with Crippen LogP contribution in [0.3, 0.4) is 0 Å². The highest BCUT2D eigenvalue weighted by Gasteiger charge is 2.30. The third-order valence-corrected chi connectivity index (χ3v) is 20.7. The number of hydrogen-bond acceptors (Lipinski definition) is 15. The van der Waals surface area contributed by atoms with Crippen LogP contribution in [0, 0.1) is 11.8 Å². The maximum absolute atomic E-state index is 13.1. The van der Waals surface area contributed by atoms with Crippen molar-refractivity contribution in [2.75, 3.05) is 39.6 Å². The van der Waals surface area contributed by atoms with Gasteiger partial charge in [0, 0.05) is 25.7 Å². The highest BCUT2D eigenvalue weighted by molar-refractivity contribution is 7.47. The van der Waals surface area contributed by atoms with Crippen molar-refractivity contribution < 1.29 is 80.2 Å². The first kappa shape index (κ1) is 96.1. The Bertz CT molecular complexity index is 1890. The number of phosphoric acid groups is 2. The summed E-state index contributed by atoms with van der Waals surface area (Å²) in [4.78, 5) is 72.9. The normalized spacial score (nSPS) is 14.2. The molecule has 0 aromatic rings. The van der Waals surface area contributed by atoms with Gasteiger partial charge >= 0.3 is 39.5 Å². The van der Waals surface area contributed by atoms with Crippen LogP contribution in [0.2, 0.25) is 0 Å². The second-order valence-electron chi connectivity index (χ2n) is 29.2. The molecule has 0 aromatic heterocycles. The van der Waals surface area contributed by atoms with Crippen molar-refractivity contribution >= 4 is 39.5 Å². The fourth-order valence-electron chi connectivity index (χ4n) is 12.2. The van der Waals surface area contributed by atoms with E-state index in [0.29, 0.717) is 25.7 Å². The lowest BCUT2D eigenvalue weighted by Gasteiger charge is -2.21. The minimum atomic E-state index is -4.96. The number of carbonyl (C=O) groups excluding carboxylic acids is 4. The van der Waals surface area contributed by atoms with E-state index < -0.39 is 97.5 Å². The Morgan fingerprint density at radius 2 is 0.520 bits per heavy atom. The summed E-state index contributed by atoms with van der Waals surface area (Å²) < 4.78 is 68.6. The Hall–Kier alpha value is -1.94. The summed E-state index contributed by atoms with van der Waals surface area (Å²) in [5.74, 6) is -0.666. The molecular weight excluding hydrogens is 1280 g/mol. The first-order valence-electron chi connectivity index (χ1n) is 41.0. The van der Waals surface area contributed by atoms with Gasteiger partial charge in [-0.15, -0.1) is 0 Å². The molecule has 0 radical (unpaired) electrons. The molecule has 0 saturated carbocycles. The molecular formula is C79H154O17P2. The van der Waals surface area contributed by atoms with E-state index in [0.717, 1.165) is 108 Å². The zero-order valence-electron chi connectivity index (χ0n) is 64.1. The van der Waals surface area contributed by atoms with Gasteiger partial charge in [-0.05, 0) is 37.5 Å². The Morgan fingerprint density at radius 1 is 0.296 bits per heavy atom. The predicted molar refractivity (Wildman–Crippen MR) is 400 cm³/mol. The van der Waals surface area contributed by atoms with Gasteiger partial charge < -0.3 is 33.8 Å². The van der Waals surface area contributed by atoms with Crippen LogP contribution in [0.15, 0.2) is 0 Å². The number of esters is 4. The van der Waals surface area contributed by atoms with Crippen molar-refractivity contribution in [3.8, 4) is 0 Å². The predicted octanol–water partition coefficient (Wildman–Crippen LogP) is 23.5. The van der Waals surface area contributed by atoms with Crippen LogP contribution in [0.25, 0.3) is 0 Å². The number of carbonyl (C=O) groups is 4. The zero-order valence-corrected chi connectivity index (χ0v) is 65.9. The minimum Gasteiger partial charge on any atom is -0.462 e. The van der Waals surface area contributed by atoms with E-state index in [1.165, 1.54) is 225 Å². The van der Waals surface area contributed by atoms with Crippen LogP contribution >= 0.6 is 15.6 Å². The number of aliphatic hydroxyl groups is 1. The quantitative estimate of drug-likeness (QED) is 0.0222. The number of phosphoric ester groups is 2. The van der Waals surface area contributed by atoms with Crippen LogP contribution in [-0.2, 0) is 65.4 Å². The summed E-state index contributed by atoms with van der Waals surface area (Å²) >= 11 is 0. The molecule has 6 atom stereocenters. The molecule has 98 heavy (non-hydrogen) atoms. The zero-order chi connectivity index (χ0) is 72.1. The fraction of sp³-hybridized carbons (Fsp3) is 0.949. The SMILES string of the molecule is CCCCCCCCCCCCCCCCCCCCCC(=O)O[C@H](COC(=O)CCCCCCCCCCCCCCCCCCCC)COP(=O)(O)OC[C@@H](O)COP(=O)(O)OC[C@@H](COC(=O)CCCCCCCCC(C)CC)OC(=O)CCCCCCCCCCC(C)C. The number of hydrogen-bond donors (Lipinski definition) is 3. The second kappa shape index (κ2) is 70.7. The molecule has 0 aromatic carbocycles. The van der Waals surface area contributed by atoms with Gasteiger partial charge in [0.2, 0.25) is 0 Å². The van der Waals surface area contributed by atoms with Crippen LogP contribution in [0.1, 0.15) is 414 Å². The first-order valence-corrected chi connectivity index (χ1v) is 44.0. The molecule has 0 saturated heterocycles. The van der Waals surface area contributed by atoms with E-state index in [9.17, 15) is 43.2 Å². The molecule has 3 N–H and O–H groups in total. The highest BCUT2D eigenvalue weighted by Crippen LogP contribution is 2.45. The molecule has 0 rings (SSSR count). The molecule has 0 fully saturated rings. The summed E-state index contributed by atoms with van der Waals surface area (Å²) in [6.07, 6.45) is 59.9.